The Balaban J connectivity index is 1.75. The highest BCUT2D eigenvalue weighted by atomic mass is 32.2. The fourth-order valence-corrected chi connectivity index (χ4v) is 2.71. The fourth-order valence-electron chi connectivity index (χ4n) is 1.98. The number of methoxy groups -OCH3 is 1. The molecule has 0 aliphatic carbocycles. The highest BCUT2D eigenvalue weighted by Gasteiger charge is 2.04. The van der Waals surface area contributed by atoms with E-state index in [1.54, 1.807) is 7.11 Å². The molecular formula is C18H20N2O3S. The number of hydrogen-bond acceptors (Lipinski definition) is 4. The van der Waals surface area contributed by atoms with Crippen LogP contribution < -0.4 is 15.4 Å². The van der Waals surface area contributed by atoms with E-state index < -0.39 is 0 Å². The number of anilines is 1. The second-order valence-electron chi connectivity index (χ2n) is 5.12. The van der Waals surface area contributed by atoms with Gasteiger partial charge in [-0.25, -0.2) is 0 Å². The van der Waals surface area contributed by atoms with Crippen molar-refractivity contribution in [3.05, 3.63) is 54.1 Å². The van der Waals surface area contributed by atoms with E-state index in [-0.39, 0.29) is 11.8 Å². The average Bonchev–Trinajstić information content (AvgIpc) is 2.59. The third kappa shape index (κ3) is 5.96. The average molecular weight is 344 g/mol. The van der Waals surface area contributed by atoms with E-state index in [1.165, 1.54) is 18.7 Å². The zero-order valence-electron chi connectivity index (χ0n) is 13.7. The minimum absolute atomic E-state index is 0.0262. The van der Waals surface area contributed by atoms with Crippen molar-refractivity contribution in [1.29, 1.82) is 0 Å². The van der Waals surface area contributed by atoms with Crippen molar-refractivity contribution < 1.29 is 14.3 Å². The van der Waals surface area contributed by atoms with Crippen molar-refractivity contribution in [1.82, 2.24) is 5.32 Å². The number of carbonyl (C=O) groups is 2. The van der Waals surface area contributed by atoms with Gasteiger partial charge in [-0.2, -0.15) is 0 Å². The standard InChI is InChI=1S/C18H20N2O3S/c1-13(21)20-15-5-9-17(10-6-15)24-12-18(22)19-11-14-3-7-16(23-2)8-4-14/h3-10H,11-12H2,1-2H3,(H,19,22)(H,20,21). The van der Waals surface area contributed by atoms with Crippen molar-refractivity contribution >= 4 is 29.3 Å². The lowest BCUT2D eigenvalue weighted by molar-refractivity contribution is -0.118. The van der Waals surface area contributed by atoms with E-state index in [2.05, 4.69) is 10.6 Å². The summed E-state index contributed by atoms with van der Waals surface area (Å²) in [5.41, 5.74) is 1.77. The lowest BCUT2D eigenvalue weighted by Gasteiger charge is -2.07. The number of thioether (sulfide) groups is 1. The van der Waals surface area contributed by atoms with Gasteiger partial charge in [0.05, 0.1) is 12.9 Å². The van der Waals surface area contributed by atoms with E-state index in [4.69, 9.17) is 4.74 Å². The third-order valence-electron chi connectivity index (χ3n) is 3.19. The summed E-state index contributed by atoms with van der Waals surface area (Å²) in [4.78, 5) is 23.8. The molecule has 2 rings (SSSR count). The van der Waals surface area contributed by atoms with Gasteiger partial charge in [0.1, 0.15) is 5.75 Å². The highest BCUT2D eigenvalue weighted by molar-refractivity contribution is 8.00. The minimum atomic E-state index is -0.103. The smallest absolute Gasteiger partial charge is 0.230 e. The van der Waals surface area contributed by atoms with Crippen LogP contribution in [0.4, 0.5) is 5.69 Å². The zero-order valence-corrected chi connectivity index (χ0v) is 14.5. The molecule has 0 aromatic heterocycles. The van der Waals surface area contributed by atoms with Crippen LogP contribution >= 0.6 is 11.8 Å². The lowest BCUT2D eigenvalue weighted by Crippen LogP contribution is -2.24. The molecule has 0 saturated heterocycles. The summed E-state index contributed by atoms with van der Waals surface area (Å²) in [5, 5.41) is 5.59. The van der Waals surface area contributed by atoms with Gasteiger partial charge in [0.15, 0.2) is 0 Å². The zero-order chi connectivity index (χ0) is 17.4. The van der Waals surface area contributed by atoms with Crippen LogP contribution in [0.3, 0.4) is 0 Å². The number of ether oxygens (including phenoxy) is 1. The summed E-state index contributed by atoms with van der Waals surface area (Å²) >= 11 is 1.45. The summed E-state index contributed by atoms with van der Waals surface area (Å²) in [6.07, 6.45) is 0. The molecule has 2 N–H and O–H groups in total. The molecule has 5 nitrogen and oxygen atoms in total. The third-order valence-corrected chi connectivity index (χ3v) is 4.21. The summed E-state index contributed by atoms with van der Waals surface area (Å²) in [7, 11) is 1.62. The van der Waals surface area contributed by atoms with Gasteiger partial charge in [-0.1, -0.05) is 12.1 Å². The van der Waals surface area contributed by atoms with E-state index in [1.807, 2.05) is 48.5 Å². The van der Waals surface area contributed by atoms with Crippen LogP contribution in [0.2, 0.25) is 0 Å². The number of hydrogen-bond donors (Lipinski definition) is 2. The van der Waals surface area contributed by atoms with Crippen molar-refractivity contribution in [2.45, 2.75) is 18.4 Å². The molecule has 0 aliphatic rings. The van der Waals surface area contributed by atoms with E-state index in [0.717, 1.165) is 21.9 Å². The summed E-state index contributed by atoms with van der Waals surface area (Å²) in [6, 6.07) is 15.0. The number of rotatable bonds is 7. The molecule has 2 amide bonds. The molecule has 6 heteroatoms. The van der Waals surface area contributed by atoms with Crippen LogP contribution in [0.15, 0.2) is 53.4 Å². The molecule has 126 valence electrons. The van der Waals surface area contributed by atoms with Crippen molar-refractivity contribution in [2.24, 2.45) is 0 Å². The quantitative estimate of drug-likeness (QED) is 0.758. The summed E-state index contributed by atoms with van der Waals surface area (Å²) in [6.45, 7) is 1.96. The predicted molar refractivity (Wildman–Crippen MR) is 96.3 cm³/mol. The maximum Gasteiger partial charge on any atom is 0.230 e. The van der Waals surface area contributed by atoms with Crippen molar-refractivity contribution in [3.63, 3.8) is 0 Å². The second kappa shape index (κ2) is 8.98. The first-order chi connectivity index (χ1) is 11.6. The Kier molecular flexibility index (Phi) is 6.69. The molecule has 0 radical (unpaired) electrons. The van der Waals surface area contributed by atoms with Crippen molar-refractivity contribution in [2.75, 3.05) is 18.2 Å². The number of nitrogens with one attached hydrogen (secondary N) is 2. The van der Waals surface area contributed by atoms with Crippen LogP contribution in [0.25, 0.3) is 0 Å². The van der Waals surface area contributed by atoms with Crippen LogP contribution in [0.5, 0.6) is 5.75 Å². The van der Waals surface area contributed by atoms with Crippen LogP contribution in [-0.2, 0) is 16.1 Å². The fraction of sp³-hybridized carbons (Fsp3) is 0.222. The van der Waals surface area contributed by atoms with Crippen LogP contribution in [-0.4, -0.2) is 24.7 Å². The molecule has 0 bridgehead atoms. The monoisotopic (exact) mass is 344 g/mol. The Morgan fingerprint density at radius 1 is 1.04 bits per heavy atom. The summed E-state index contributed by atoms with van der Waals surface area (Å²) in [5.74, 6) is 1.01. The molecular weight excluding hydrogens is 324 g/mol. The number of carbonyl (C=O) groups excluding carboxylic acids is 2. The Morgan fingerprint density at radius 3 is 2.29 bits per heavy atom. The van der Waals surface area contributed by atoms with E-state index >= 15 is 0 Å². The molecule has 0 saturated carbocycles. The Morgan fingerprint density at radius 2 is 1.71 bits per heavy atom. The molecule has 2 aromatic carbocycles. The Bertz CT molecular complexity index is 684. The SMILES string of the molecule is COc1ccc(CNC(=O)CSc2ccc(NC(C)=O)cc2)cc1. The highest BCUT2D eigenvalue weighted by Crippen LogP contribution is 2.20. The second-order valence-corrected chi connectivity index (χ2v) is 6.17. The first-order valence-electron chi connectivity index (χ1n) is 7.47. The number of amides is 2. The first kappa shape index (κ1) is 17.9. The molecule has 0 heterocycles. The van der Waals surface area contributed by atoms with E-state index in [9.17, 15) is 9.59 Å². The first-order valence-corrected chi connectivity index (χ1v) is 8.45. The molecule has 0 unspecified atom stereocenters. The predicted octanol–water partition coefficient (Wildman–Crippen LogP) is 3.06. The summed E-state index contributed by atoms with van der Waals surface area (Å²) < 4.78 is 5.10. The van der Waals surface area contributed by atoms with Gasteiger partial charge in [-0.3, -0.25) is 9.59 Å². The topological polar surface area (TPSA) is 67.4 Å². The maximum absolute atomic E-state index is 11.9. The normalized spacial score (nSPS) is 10.1. The van der Waals surface area contributed by atoms with Crippen molar-refractivity contribution in [3.8, 4) is 5.75 Å². The van der Waals surface area contributed by atoms with Gasteiger partial charge in [0, 0.05) is 24.1 Å². The lowest BCUT2D eigenvalue weighted by atomic mass is 10.2. The van der Waals surface area contributed by atoms with Gasteiger partial charge >= 0.3 is 0 Å². The Labute approximate surface area is 145 Å². The minimum Gasteiger partial charge on any atom is -0.497 e. The van der Waals surface area contributed by atoms with E-state index in [0.29, 0.717) is 12.3 Å². The number of benzene rings is 2. The van der Waals surface area contributed by atoms with Gasteiger partial charge in [-0.15, -0.1) is 11.8 Å². The molecule has 2 aromatic rings. The van der Waals surface area contributed by atoms with Gasteiger partial charge in [-0.05, 0) is 42.0 Å². The molecule has 0 spiro atoms. The van der Waals surface area contributed by atoms with Gasteiger partial charge < -0.3 is 15.4 Å². The van der Waals surface area contributed by atoms with Gasteiger partial charge in [0.2, 0.25) is 11.8 Å². The Hall–Kier alpha value is -2.47. The molecule has 0 atom stereocenters. The largest absolute Gasteiger partial charge is 0.497 e. The van der Waals surface area contributed by atoms with Crippen LogP contribution in [0, 0.1) is 0 Å². The molecule has 0 aliphatic heterocycles. The molecule has 0 fully saturated rings. The molecule has 24 heavy (non-hydrogen) atoms. The maximum atomic E-state index is 11.9. The van der Waals surface area contributed by atoms with Gasteiger partial charge in [0.25, 0.3) is 0 Å². The van der Waals surface area contributed by atoms with Crippen LogP contribution in [0.1, 0.15) is 12.5 Å².